The van der Waals surface area contributed by atoms with Crippen LogP contribution < -0.4 is 11.1 Å². The van der Waals surface area contributed by atoms with E-state index in [1.54, 1.807) is 0 Å². The third-order valence-corrected chi connectivity index (χ3v) is 4.32. The number of aliphatic hydroxyl groups excluding tert-OH is 1. The van der Waals surface area contributed by atoms with Crippen molar-refractivity contribution < 1.29 is 9.90 Å². The average Bonchev–Trinajstić information content (AvgIpc) is 2.32. The molecule has 2 saturated carbocycles. The van der Waals surface area contributed by atoms with E-state index in [-0.39, 0.29) is 17.9 Å². The second-order valence-corrected chi connectivity index (χ2v) is 5.62. The molecule has 0 bridgehead atoms. The van der Waals surface area contributed by atoms with Crippen molar-refractivity contribution in [2.45, 2.75) is 44.6 Å². The molecule has 2 aliphatic rings. The molecule has 2 aliphatic carbocycles. The molecular formula is C13H24N2O2. The summed E-state index contributed by atoms with van der Waals surface area (Å²) in [6, 6.07) is 0. The number of carbonyl (C=O) groups excluding carboxylic acids is 1. The molecule has 0 aromatic rings. The first-order valence-corrected chi connectivity index (χ1v) is 6.86. The molecule has 4 heteroatoms. The Kier molecular flexibility index (Phi) is 4.40. The third-order valence-electron chi connectivity index (χ3n) is 4.32. The Hall–Kier alpha value is -0.610. The van der Waals surface area contributed by atoms with Crippen molar-refractivity contribution in [2.75, 3.05) is 13.1 Å². The molecule has 0 aromatic heterocycles. The zero-order valence-electron chi connectivity index (χ0n) is 10.4. The number of carbonyl (C=O) groups is 1. The van der Waals surface area contributed by atoms with Crippen LogP contribution in [0.5, 0.6) is 0 Å². The fraction of sp³-hybridized carbons (Fsp3) is 0.923. The summed E-state index contributed by atoms with van der Waals surface area (Å²) in [6.45, 7) is 1.35. The predicted molar refractivity (Wildman–Crippen MR) is 66.2 cm³/mol. The fourth-order valence-electron chi connectivity index (χ4n) is 3.08. The minimum Gasteiger partial charge on any atom is -0.393 e. The number of aliphatic hydroxyl groups is 1. The average molecular weight is 240 g/mol. The number of hydrogen-bond acceptors (Lipinski definition) is 3. The maximum absolute atomic E-state index is 12.1. The van der Waals surface area contributed by atoms with Crippen LogP contribution in [0, 0.1) is 17.8 Å². The number of hydrogen-bond donors (Lipinski definition) is 3. The zero-order chi connectivity index (χ0) is 12.3. The van der Waals surface area contributed by atoms with Gasteiger partial charge in [0.25, 0.3) is 0 Å². The molecule has 0 aromatic carbocycles. The lowest BCUT2D eigenvalue weighted by atomic mass is 9.78. The Bertz CT molecular complexity index is 264. The van der Waals surface area contributed by atoms with Gasteiger partial charge in [0.1, 0.15) is 0 Å². The smallest absolute Gasteiger partial charge is 0.223 e. The van der Waals surface area contributed by atoms with Gasteiger partial charge in [0.2, 0.25) is 5.91 Å². The van der Waals surface area contributed by atoms with Crippen molar-refractivity contribution in [2.24, 2.45) is 23.5 Å². The van der Waals surface area contributed by atoms with E-state index in [9.17, 15) is 9.90 Å². The van der Waals surface area contributed by atoms with Crippen LogP contribution in [0.2, 0.25) is 0 Å². The SMILES string of the molecule is NCC1CCCCC1C(=O)NCC1CC(O)C1. The van der Waals surface area contributed by atoms with Crippen molar-refractivity contribution in [1.29, 1.82) is 0 Å². The van der Waals surface area contributed by atoms with Crippen molar-refractivity contribution >= 4 is 5.91 Å². The highest BCUT2D eigenvalue weighted by Gasteiger charge is 2.32. The predicted octanol–water partition coefficient (Wildman–Crippen LogP) is 0.639. The lowest BCUT2D eigenvalue weighted by molar-refractivity contribution is -0.128. The molecule has 2 fully saturated rings. The summed E-state index contributed by atoms with van der Waals surface area (Å²) in [7, 11) is 0. The molecule has 17 heavy (non-hydrogen) atoms. The van der Waals surface area contributed by atoms with E-state index in [2.05, 4.69) is 5.32 Å². The monoisotopic (exact) mass is 240 g/mol. The summed E-state index contributed by atoms with van der Waals surface area (Å²) >= 11 is 0. The normalized spacial score (nSPS) is 37.3. The molecule has 0 saturated heterocycles. The van der Waals surface area contributed by atoms with Crippen LogP contribution in [-0.4, -0.2) is 30.2 Å². The van der Waals surface area contributed by atoms with Crippen molar-refractivity contribution in [1.82, 2.24) is 5.32 Å². The van der Waals surface area contributed by atoms with Crippen LogP contribution >= 0.6 is 0 Å². The van der Waals surface area contributed by atoms with Crippen LogP contribution in [0.15, 0.2) is 0 Å². The molecule has 2 atom stereocenters. The van der Waals surface area contributed by atoms with Gasteiger partial charge in [-0.05, 0) is 44.1 Å². The van der Waals surface area contributed by atoms with Crippen molar-refractivity contribution in [3.05, 3.63) is 0 Å². The third kappa shape index (κ3) is 3.19. The van der Waals surface area contributed by atoms with Gasteiger partial charge in [-0.25, -0.2) is 0 Å². The second-order valence-electron chi connectivity index (χ2n) is 5.62. The van der Waals surface area contributed by atoms with Crippen LogP contribution in [0.4, 0.5) is 0 Å². The van der Waals surface area contributed by atoms with Gasteiger partial charge in [-0.15, -0.1) is 0 Å². The molecule has 0 spiro atoms. The van der Waals surface area contributed by atoms with Gasteiger partial charge >= 0.3 is 0 Å². The Balaban J connectivity index is 1.73. The molecule has 1 amide bonds. The highest BCUT2D eigenvalue weighted by Crippen LogP contribution is 2.30. The van der Waals surface area contributed by atoms with Crippen LogP contribution in [0.1, 0.15) is 38.5 Å². The summed E-state index contributed by atoms with van der Waals surface area (Å²) < 4.78 is 0. The Morgan fingerprint density at radius 3 is 2.65 bits per heavy atom. The highest BCUT2D eigenvalue weighted by atomic mass is 16.3. The summed E-state index contributed by atoms with van der Waals surface area (Å²) in [5.74, 6) is 1.16. The van der Waals surface area contributed by atoms with E-state index in [4.69, 9.17) is 5.73 Å². The molecule has 2 rings (SSSR count). The molecule has 0 radical (unpaired) electrons. The fourth-order valence-corrected chi connectivity index (χ4v) is 3.08. The Labute approximate surface area is 103 Å². The van der Waals surface area contributed by atoms with E-state index >= 15 is 0 Å². The van der Waals surface area contributed by atoms with Crippen LogP contribution in [0.25, 0.3) is 0 Å². The van der Waals surface area contributed by atoms with Crippen LogP contribution in [0.3, 0.4) is 0 Å². The number of rotatable bonds is 4. The highest BCUT2D eigenvalue weighted by molar-refractivity contribution is 5.79. The lowest BCUT2D eigenvalue weighted by Gasteiger charge is -2.33. The van der Waals surface area contributed by atoms with Gasteiger partial charge in [0.15, 0.2) is 0 Å². The Morgan fingerprint density at radius 2 is 2.00 bits per heavy atom. The second kappa shape index (κ2) is 5.83. The van der Waals surface area contributed by atoms with E-state index < -0.39 is 0 Å². The van der Waals surface area contributed by atoms with E-state index in [1.165, 1.54) is 6.42 Å². The molecule has 4 nitrogen and oxygen atoms in total. The van der Waals surface area contributed by atoms with Gasteiger partial charge < -0.3 is 16.2 Å². The molecule has 0 heterocycles. The first-order chi connectivity index (χ1) is 8.20. The molecule has 0 aliphatic heterocycles. The minimum atomic E-state index is -0.136. The summed E-state index contributed by atoms with van der Waals surface area (Å²) in [5.41, 5.74) is 5.73. The first-order valence-electron chi connectivity index (χ1n) is 6.86. The number of amides is 1. The standard InChI is InChI=1S/C13H24N2O2/c14-7-10-3-1-2-4-12(10)13(17)15-8-9-5-11(16)6-9/h9-12,16H,1-8,14H2,(H,15,17). The van der Waals surface area contributed by atoms with E-state index in [1.807, 2.05) is 0 Å². The first kappa shape index (κ1) is 12.8. The number of nitrogens with two attached hydrogens (primary N) is 1. The maximum atomic E-state index is 12.1. The van der Waals surface area contributed by atoms with Crippen LogP contribution in [-0.2, 0) is 4.79 Å². The zero-order valence-corrected chi connectivity index (χ0v) is 10.4. The largest absolute Gasteiger partial charge is 0.393 e. The van der Waals surface area contributed by atoms with Gasteiger partial charge in [0.05, 0.1) is 6.10 Å². The van der Waals surface area contributed by atoms with Gasteiger partial charge in [0, 0.05) is 12.5 Å². The summed E-state index contributed by atoms with van der Waals surface area (Å²) in [5, 5.41) is 12.2. The molecule has 2 unspecified atom stereocenters. The van der Waals surface area contributed by atoms with Crippen molar-refractivity contribution in [3.8, 4) is 0 Å². The molecular weight excluding hydrogens is 216 g/mol. The molecule has 98 valence electrons. The maximum Gasteiger partial charge on any atom is 0.223 e. The lowest BCUT2D eigenvalue weighted by Crippen LogP contribution is -2.43. The topological polar surface area (TPSA) is 75.4 Å². The summed E-state index contributed by atoms with van der Waals surface area (Å²) in [6.07, 6.45) is 5.98. The summed E-state index contributed by atoms with van der Waals surface area (Å²) in [4.78, 5) is 12.1. The van der Waals surface area contributed by atoms with Gasteiger partial charge in [-0.3, -0.25) is 4.79 Å². The molecule has 4 N–H and O–H groups in total. The quantitative estimate of drug-likeness (QED) is 0.675. The minimum absolute atomic E-state index is 0.124. The Morgan fingerprint density at radius 1 is 1.29 bits per heavy atom. The van der Waals surface area contributed by atoms with E-state index in [0.717, 1.165) is 38.6 Å². The van der Waals surface area contributed by atoms with E-state index in [0.29, 0.717) is 18.4 Å². The number of nitrogens with one attached hydrogen (secondary N) is 1. The van der Waals surface area contributed by atoms with Gasteiger partial charge in [-0.2, -0.15) is 0 Å². The van der Waals surface area contributed by atoms with Crippen molar-refractivity contribution in [3.63, 3.8) is 0 Å². The van der Waals surface area contributed by atoms with Gasteiger partial charge in [-0.1, -0.05) is 12.8 Å².